The molecule has 0 aliphatic carbocycles. The Kier molecular flexibility index (Phi) is 4.39. The molecule has 1 nitrogen and oxygen atoms in total. The largest absolute Gasteiger partial charge is 0.499 e. The molecule has 118 valence electrons. The first-order valence-electron chi connectivity index (χ1n) is 6.56. The molecule has 0 amide bonds. The van der Waals surface area contributed by atoms with Gasteiger partial charge in [0.2, 0.25) is 0 Å². The molecule has 2 aromatic carbocycles. The number of hydrogen-bond donors (Lipinski definition) is 0. The highest BCUT2D eigenvalue weighted by Crippen LogP contribution is 2.38. The lowest BCUT2D eigenvalue weighted by atomic mass is 10.0. The highest BCUT2D eigenvalue weighted by Gasteiger charge is 2.61. The van der Waals surface area contributed by atoms with Gasteiger partial charge in [-0.1, -0.05) is 43.3 Å². The van der Waals surface area contributed by atoms with E-state index in [2.05, 4.69) is 4.74 Å². The average Bonchev–Trinajstić information content (AvgIpc) is 2.46. The van der Waals surface area contributed by atoms with E-state index in [1.165, 1.54) is 6.07 Å². The van der Waals surface area contributed by atoms with Crippen molar-refractivity contribution in [3.63, 3.8) is 0 Å². The zero-order valence-corrected chi connectivity index (χ0v) is 11.6. The van der Waals surface area contributed by atoms with Gasteiger partial charge in [-0.15, -0.1) is 0 Å². The first-order chi connectivity index (χ1) is 10.2. The third-order valence-corrected chi connectivity index (χ3v) is 3.08. The van der Waals surface area contributed by atoms with Crippen LogP contribution in [0.25, 0.3) is 11.1 Å². The van der Waals surface area contributed by atoms with Crippen molar-refractivity contribution in [2.45, 2.75) is 25.6 Å². The van der Waals surface area contributed by atoms with Crippen LogP contribution in [-0.4, -0.2) is 12.3 Å². The van der Waals surface area contributed by atoms with Gasteiger partial charge < -0.3 is 4.74 Å². The van der Waals surface area contributed by atoms with Gasteiger partial charge in [0.15, 0.2) is 0 Å². The Hall–Kier alpha value is -2.11. The zero-order chi connectivity index (χ0) is 16.4. The summed E-state index contributed by atoms with van der Waals surface area (Å²) in [5, 5.41) is 0. The number of benzene rings is 2. The molecule has 2 rings (SSSR count). The van der Waals surface area contributed by atoms with Crippen LogP contribution in [-0.2, 0) is 6.42 Å². The summed E-state index contributed by atoms with van der Waals surface area (Å²) in [6.07, 6.45) is -10.2. The normalized spacial score (nSPS) is 12.3. The predicted octanol–water partition coefficient (Wildman–Crippen LogP) is 5.45. The van der Waals surface area contributed by atoms with E-state index >= 15 is 0 Å². The van der Waals surface area contributed by atoms with E-state index in [-0.39, 0.29) is 0 Å². The van der Waals surface area contributed by atoms with Crippen LogP contribution in [0.3, 0.4) is 0 Å². The quantitative estimate of drug-likeness (QED) is 0.682. The lowest BCUT2D eigenvalue weighted by Gasteiger charge is -2.20. The maximum atomic E-state index is 12.9. The van der Waals surface area contributed by atoms with E-state index in [0.29, 0.717) is 5.56 Å². The molecule has 0 aliphatic heterocycles. The topological polar surface area (TPSA) is 9.23 Å². The van der Waals surface area contributed by atoms with Crippen LogP contribution in [0, 0.1) is 0 Å². The number of aryl methyl sites for hydroxylation is 1. The first kappa shape index (κ1) is 16.3. The van der Waals surface area contributed by atoms with Crippen molar-refractivity contribution in [3.05, 3.63) is 54.1 Å². The van der Waals surface area contributed by atoms with Gasteiger partial charge in [0.05, 0.1) is 0 Å². The molecule has 0 N–H and O–H groups in total. The van der Waals surface area contributed by atoms with Gasteiger partial charge in [-0.05, 0) is 35.2 Å². The van der Waals surface area contributed by atoms with Crippen LogP contribution >= 0.6 is 0 Å². The van der Waals surface area contributed by atoms with Crippen LogP contribution in [0.1, 0.15) is 12.5 Å². The SMILES string of the molecule is CCc1cccc(-c2cccc(OC(F)(F)C(F)(F)F)c2)c1. The maximum absolute atomic E-state index is 12.9. The number of hydrogen-bond acceptors (Lipinski definition) is 1. The minimum absolute atomic E-state index is 0.505. The molecule has 0 atom stereocenters. The fraction of sp³-hybridized carbons (Fsp3) is 0.250. The summed E-state index contributed by atoms with van der Waals surface area (Å²) in [5.41, 5.74) is 2.26. The maximum Gasteiger partial charge on any atom is 0.499 e. The van der Waals surface area contributed by atoms with E-state index in [4.69, 9.17) is 0 Å². The van der Waals surface area contributed by atoms with Gasteiger partial charge in [-0.25, -0.2) is 0 Å². The van der Waals surface area contributed by atoms with Gasteiger partial charge in [0, 0.05) is 0 Å². The second kappa shape index (κ2) is 5.94. The van der Waals surface area contributed by atoms with Crippen molar-refractivity contribution >= 4 is 0 Å². The van der Waals surface area contributed by atoms with Crippen LogP contribution in [0.4, 0.5) is 22.0 Å². The van der Waals surface area contributed by atoms with Gasteiger partial charge in [0.25, 0.3) is 0 Å². The molecule has 0 fully saturated rings. The molecule has 22 heavy (non-hydrogen) atoms. The fourth-order valence-electron chi connectivity index (χ4n) is 1.92. The van der Waals surface area contributed by atoms with Gasteiger partial charge >= 0.3 is 12.3 Å². The summed E-state index contributed by atoms with van der Waals surface area (Å²) in [5.74, 6) is -0.540. The molecule has 2 aromatic rings. The zero-order valence-electron chi connectivity index (χ0n) is 11.6. The highest BCUT2D eigenvalue weighted by atomic mass is 19.4. The summed E-state index contributed by atoms with van der Waals surface area (Å²) in [4.78, 5) is 0. The lowest BCUT2D eigenvalue weighted by molar-refractivity contribution is -0.360. The predicted molar refractivity (Wildman–Crippen MR) is 72.9 cm³/mol. The summed E-state index contributed by atoms with van der Waals surface area (Å²) in [7, 11) is 0. The Labute approximate surface area is 124 Å². The minimum atomic E-state index is -5.76. The molecule has 0 unspecified atom stereocenters. The molecule has 0 spiro atoms. The van der Waals surface area contributed by atoms with E-state index in [9.17, 15) is 22.0 Å². The minimum Gasteiger partial charge on any atom is -0.426 e. The van der Waals surface area contributed by atoms with E-state index in [1.807, 2.05) is 19.1 Å². The van der Waals surface area contributed by atoms with E-state index < -0.39 is 18.0 Å². The molecule has 0 bridgehead atoms. The first-order valence-corrected chi connectivity index (χ1v) is 6.56. The van der Waals surface area contributed by atoms with Crippen LogP contribution < -0.4 is 4.74 Å². The van der Waals surface area contributed by atoms with Crippen molar-refractivity contribution in [2.75, 3.05) is 0 Å². The summed E-state index contributed by atoms with van der Waals surface area (Å²) in [6.45, 7) is 1.96. The average molecular weight is 316 g/mol. The van der Waals surface area contributed by atoms with Crippen molar-refractivity contribution in [2.24, 2.45) is 0 Å². The molecule has 0 heterocycles. The van der Waals surface area contributed by atoms with Crippen molar-refractivity contribution in [1.82, 2.24) is 0 Å². The smallest absolute Gasteiger partial charge is 0.426 e. The number of alkyl halides is 5. The Morgan fingerprint density at radius 1 is 0.864 bits per heavy atom. The van der Waals surface area contributed by atoms with Crippen LogP contribution in [0.5, 0.6) is 5.75 Å². The number of ether oxygens (including phenoxy) is 1. The van der Waals surface area contributed by atoms with Crippen molar-refractivity contribution in [3.8, 4) is 16.9 Å². The molecule has 0 saturated heterocycles. The molecule has 0 saturated carbocycles. The molecule has 0 aromatic heterocycles. The third kappa shape index (κ3) is 3.55. The Morgan fingerprint density at radius 2 is 1.45 bits per heavy atom. The molecule has 0 aliphatic rings. The molecule has 0 radical (unpaired) electrons. The summed E-state index contributed by atoms with van der Waals surface area (Å²) < 4.78 is 66.2. The third-order valence-electron chi connectivity index (χ3n) is 3.08. The Balaban J connectivity index is 2.31. The van der Waals surface area contributed by atoms with Crippen molar-refractivity contribution in [1.29, 1.82) is 0 Å². The van der Waals surface area contributed by atoms with E-state index in [0.717, 1.165) is 29.7 Å². The molecular formula is C16H13F5O. The second-order valence-electron chi connectivity index (χ2n) is 4.70. The Morgan fingerprint density at radius 3 is 2.05 bits per heavy atom. The Bertz CT molecular complexity index is 649. The summed E-state index contributed by atoms with van der Waals surface area (Å²) in [6, 6.07) is 12.5. The lowest BCUT2D eigenvalue weighted by Crippen LogP contribution is -2.41. The van der Waals surface area contributed by atoms with Crippen molar-refractivity contribution < 1.29 is 26.7 Å². The van der Waals surface area contributed by atoms with Gasteiger partial charge in [0.1, 0.15) is 5.75 Å². The monoisotopic (exact) mass is 316 g/mol. The molecular weight excluding hydrogens is 303 g/mol. The summed E-state index contributed by atoms with van der Waals surface area (Å²) >= 11 is 0. The fourth-order valence-corrected chi connectivity index (χ4v) is 1.92. The van der Waals surface area contributed by atoms with E-state index in [1.54, 1.807) is 18.2 Å². The standard InChI is InChI=1S/C16H13F5O/c1-2-11-5-3-6-12(9-11)13-7-4-8-14(10-13)22-16(20,21)15(17,18)19/h3-10H,2H2,1H3. The second-order valence-corrected chi connectivity index (χ2v) is 4.70. The highest BCUT2D eigenvalue weighted by molar-refractivity contribution is 5.65. The number of halogens is 5. The van der Waals surface area contributed by atoms with Gasteiger partial charge in [-0.3, -0.25) is 0 Å². The molecule has 6 heteroatoms. The number of rotatable bonds is 4. The van der Waals surface area contributed by atoms with Gasteiger partial charge in [-0.2, -0.15) is 22.0 Å². The van der Waals surface area contributed by atoms with Crippen LogP contribution in [0.2, 0.25) is 0 Å². The van der Waals surface area contributed by atoms with Crippen LogP contribution in [0.15, 0.2) is 48.5 Å².